The maximum Gasteiger partial charge on any atom is 0.246 e. The number of ether oxygens (including phenoxy) is 1. The van der Waals surface area contributed by atoms with Crippen LogP contribution >= 0.6 is 0 Å². The normalized spacial score (nSPS) is 22.1. The SMILES string of the molecule is CCCOCCN1C(=O)CC(N)C1=O. The Morgan fingerprint density at radius 2 is 2.21 bits per heavy atom. The molecule has 1 aliphatic heterocycles. The van der Waals surface area contributed by atoms with Crippen LogP contribution in [0.15, 0.2) is 0 Å². The van der Waals surface area contributed by atoms with Gasteiger partial charge in [-0.15, -0.1) is 0 Å². The lowest BCUT2D eigenvalue weighted by Gasteiger charge is -2.13. The van der Waals surface area contributed by atoms with Crippen molar-refractivity contribution in [2.45, 2.75) is 25.8 Å². The van der Waals surface area contributed by atoms with Crippen LogP contribution in [-0.4, -0.2) is 42.5 Å². The van der Waals surface area contributed by atoms with Crippen LogP contribution in [0.4, 0.5) is 0 Å². The molecular weight excluding hydrogens is 184 g/mol. The highest BCUT2D eigenvalue weighted by Gasteiger charge is 2.35. The summed E-state index contributed by atoms with van der Waals surface area (Å²) in [6, 6.07) is -0.645. The largest absolute Gasteiger partial charge is 0.380 e. The molecule has 1 heterocycles. The van der Waals surface area contributed by atoms with E-state index in [0.29, 0.717) is 19.8 Å². The number of carbonyl (C=O) groups is 2. The van der Waals surface area contributed by atoms with E-state index in [2.05, 4.69) is 0 Å². The molecule has 1 rings (SSSR count). The summed E-state index contributed by atoms with van der Waals surface area (Å²) in [5.41, 5.74) is 5.44. The van der Waals surface area contributed by atoms with E-state index in [1.807, 2.05) is 6.92 Å². The first-order valence-electron chi connectivity index (χ1n) is 4.84. The van der Waals surface area contributed by atoms with Crippen molar-refractivity contribution in [1.82, 2.24) is 4.90 Å². The van der Waals surface area contributed by atoms with E-state index in [1.54, 1.807) is 0 Å². The van der Waals surface area contributed by atoms with Crippen LogP contribution in [-0.2, 0) is 14.3 Å². The highest BCUT2D eigenvalue weighted by Crippen LogP contribution is 2.10. The number of imide groups is 1. The molecule has 0 bridgehead atoms. The van der Waals surface area contributed by atoms with Crippen molar-refractivity contribution in [2.75, 3.05) is 19.8 Å². The van der Waals surface area contributed by atoms with Gasteiger partial charge >= 0.3 is 0 Å². The Hall–Kier alpha value is -0.940. The second kappa shape index (κ2) is 5.07. The van der Waals surface area contributed by atoms with Gasteiger partial charge < -0.3 is 10.5 Å². The number of amides is 2. The number of hydrogen-bond acceptors (Lipinski definition) is 4. The lowest BCUT2D eigenvalue weighted by molar-refractivity contribution is -0.139. The van der Waals surface area contributed by atoms with Gasteiger partial charge in [-0.1, -0.05) is 6.92 Å². The minimum atomic E-state index is -0.645. The molecular formula is C9H16N2O3. The molecule has 1 atom stereocenters. The highest BCUT2D eigenvalue weighted by atomic mass is 16.5. The molecule has 1 aliphatic rings. The van der Waals surface area contributed by atoms with E-state index in [-0.39, 0.29) is 18.2 Å². The molecule has 0 spiro atoms. The van der Waals surface area contributed by atoms with Gasteiger partial charge in [-0.25, -0.2) is 0 Å². The third kappa shape index (κ3) is 2.52. The molecule has 5 heteroatoms. The van der Waals surface area contributed by atoms with Crippen LogP contribution in [0.25, 0.3) is 0 Å². The summed E-state index contributed by atoms with van der Waals surface area (Å²) in [6.45, 7) is 3.38. The van der Waals surface area contributed by atoms with Crippen molar-refractivity contribution in [3.05, 3.63) is 0 Å². The lowest BCUT2D eigenvalue weighted by atomic mass is 10.3. The zero-order valence-corrected chi connectivity index (χ0v) is 8.36. The van der Waals surface area contributed by atoms with Gasteiger partial charge in [-0.05, 0) is 6.42 Å². The van der Waals surface area contributed by atoms with E-state index in [9.17, 15) is 9.59 Å². The second-order valence-corrected chi connectivity index (χ2v) is 3.31. The van der Waals surface area contributed by atoms with E-state index in [4.69, 9.17) is 10.5 Å². The number of carbonyl (C=O) groups excluding carboxylic acids is 2. The Morgan fingerprint density at radius 3 is 2.71 bits per heavy atom. The molecule has 2 N–H and O–H groups in total. The fraction of sp³-hybridized carbons (Fsp3) is 0.778. The fourth-order valence-electron chi connectivity index (χ4n) is 1.35. The van der Waals surface area contributed by atoms with Gasteiger partial charge in [0.1, 0.15) is 0 Å². The number of nitrogens with two attached hydrogens (primary N) is 1. The van der Waals surface area contributed by atoms with Gasteiger partial charge in [0, 0.05) is 6.61 Å². The quantitative estimate of drug-likeness (QED) is 0.479. The predicted octanol–water partition coefficient (Wildman–Crippen LogP) is -0.501. The van der Waals surface area contributed by atoms with Crippen molar-refractivity contribution in [1.29, 1.82) is 0 Å². The van der Waals surface area contributed by atoms with Gasteiger partial charge in [-0.2, -0.15) is 0 Å². The highest BCUT2D eigenvalue weighted by molar-refractivity contribution is 6.05. The molecule has 0 aliphatic carbocycles. The average molecular weight is 200 g/mol. The smallest absolute Gasteiger partial charge is 0.246 e. The van der Waals surface area contributed by atoms with E-state index in [0.717, 1.165) is 6.42 Å². The molecule has 0 aromatic rings. The molecule has 0 aromatic carbocycles. The summed E-state index contributed by atoms with van der Waals surface area (Å²) in [5.74, 6) is -0.474. The molecule has 80 valence electrons. The van der Waals surface area contributed by atoms with E-state index < -0.39 is 6.04 Å². The fourth-order valence-corrected chi connectivity index (χ4v) is 1.35. The summed E-state index contributed by atoms with van der Waals surface area (Å²) in [5, 5.41) is 0. The van der Waals surface area contributed by atoms with Crippen LogP contribution in [0.5, 0.6) is 0 Å². The van der Waals surface area contributed by atoms with E-state index in [1.165, 1.54) is 4.90 Å². The molecule has 0 aromatic heterocycles. The Labute approximate surface area is 83.2 Å². The number of rotatable bonds is 5. The van der Waals surface area contributed by atoms with Crippen LogP contribution in [0.2, 0.25) is 0 Å². The summed E-state index contributed by atoms with van der Waals surface area (Å²) in [6.07, 6.45) is 1.06. The van der Waals surface area contributed by atoms with Crippen molar-refractivity contribution in [3.8, 4) is 0 Å². The second-order valence-electron chi connectivity index (χ2n) is 3.31. The maximum absolute atomic E-state index is 11.3. The van der Waals surface area contributed by atoms with Gasteiger partial charge in [0.05, 0.1) is 25.6 Å². The van der Waals surface area contributed by atoms with Gasteiger partial charge in [-0.3, -0.25) is 14.5 Å². The lowest BCUT2D eigenvalue weighted by Crippen LogP contribution is -2.37. The molecule has 1 saturated heterocycles. The van der Waals surface area contributed by atoms with Crippen LogP contribution in [0, 0.1) is 0 Å². The Morgan fingerprint density at radius 1 is 1.50 bits per heavy atom. The Bertz CT molecular complexity index is 230. The summed E-state index contributed by atoms with van der Waals surface area (Å²) < 4.78 is 5.19. The first-order valence-corrected chi connectivity index (χ1v) is 4.84. The average Bonchev–Trinajstić information content (AvgIpc) is 2.38. The molecule has 2 amide bonds. The van der Waals surface area contributed by atoms with Gasteiger partial charge in [0.2, 0.25) is 11.8 Å². The van der Waals surface area contributed by atoms with Crippen LogP contribution in [0.1, 0.15) is 19.8 Å². The topological polar surface area (TPSA) is 72.6 Å². The summed E-state index contributed by atoms with van der Waals surface area (Å²) in [7, 11) is 0. The Balaban J connectivity index is 2.30. The molecule has 0 saturated carbocycles. The van der Waals surface area contributed by atoms with Gasteiger partial charge in [0.25, 0.3) is 0 Å². The minimum Gasteiger partial charge on any atom is -0.380 e. The van der Waals surface area contributed by atoms with Gasteiger partial charge in [0.15, 0.2) is 0 Å². The van der Waals surface area contributed by atoms with Crippen LogP contribution in [0.3, 0.4) is 0 Å². The third-order valence-electron chi connectivity index (χ3n) is 2.09. The number of hydrogen-bond donors (Lipinski definition) is 1. The molecule has 5 nitrogen and oxygen atoms in total. The molecule has 0 radical (unpaired) electrons. The first kappa shape index (κ1) is 11.1. The third-order valence-corrected chi connectivity index (χ3v) is 2.09. The standard InChI is InChI=1S/C9H16N2O3/c1-2-4-14-5-3-11-8(12)6-7(10)9(11)13/h7H,2-6,10H2,1H3. The number of nitrogens with zero attached hydrogens (tertiary/aromatic N) is 1. The van der Waals surface area contributed by atoms with E-state index >= 15 is 0 Å². The van der Waals surface area contributed by atoms with Crippen molar-refractivity contribution in [3.63, 3.8) is 0 Å². The first-order chi connectivity index (χ1) is 6.66. The summed E-state index contributed by atoms with van der Waals surface area (Å²) >= 11 is 0. The Kier molecular flexibility index (Phi) is 4.03. The summed E-state index contributed by atoms with van der Waals surface area (Å²) in [4.78, 5) is 23.7. The van der Waals surface area contributed by atoms with Crippen molar-refractivity contribution in [2.24, 2.45) is 5.73 Å². The maximum atomic E-state index is 11.3. The van der Waals surface area contributed by atoms with Crippen molar-refractivity contribution >= 4 is 11.8 Å². The van der Waals surface area contributed by atoms with Crippen molar-refractivity contribution < 1.29 is 14.3 Å². The zero-order chi connectivity index (χ0) is 10.6. The predicted molar refractivity (Wildman–Crippen MR) is 50.4 cm³/mol. The monoisotopic (exact) mass is 200 g/mol. The molecule has 1 unspecified atom stereocenters. The van der Waals surface area contributed by atoms with Crippen LogP contribution < -0.4 is 5.73 Å². The number of likely N-dealkylation sites (tertiary alicyclic amines) is 1. The zero-order valence-electron chi connectivity index (χ0n) is 8.36. The molecule has 1 fully saturated rings. The molecule has 14 heavy (non-hydrogen) atoms. The minimum absolute atomic E-state index is 0.132.